The van der Waals surface area contributed by atoms with Gasteiger partial charge in [0.25, 0.3) is 5.91 Å². The Kier molecular flexibility index (Phi) is 6.41. The van der Waals surface area contributed by atoms with E-state index in [1.807, 2.05) is 19.1 Å². The summed E-state index contributed by atoms with van der Waals surface area (Å²) in [5.74, 6) is -0.998. The van der Waals surface area contributed by atoms with Crippen molar-refractivity contribution in [3.63, 3.8) is 0 Å². The van der Waals surface area contributed by atoms with E-state index in [2.05, 4.69) is 16.8 Å². The molecule has 3 rings (SSSR count). The van der Waals surface area contributed by atoms with Gasteiger partial charge in [0.1, 0.15) is 11.6 Å². The third-order valence-corrected chi connectivity index (χ3v) is 5.88. The number of nitrogens with two attached hydrogens (primary N) is 1. The lowest BCUT2D eigenvalue weighted by molar-refractivity contribution is -0.112. The first-order valence-corrected chi connectivity index (χ1v) is 10.3. The fourth-order valence-electron chi connectivity index (χ4n) is 4.37. The Hall–Kier alpha value is -3.33. The number of aromatic nitrogens is 1. The summed E-state index contributed by atoms with van der Waals surface area (Å²) in [6.45, 7) is 5.87. The van der Waals surface area contributed by atoms with Gasteiger partial charge in [0.2, 0.25) is 5.91 Å². The maximum Gasteiger partial charge on any atom is 0.266 e. The van der Waals surface area contributed by atoms with Gasteiger partial charge >= 0.3 is 0 Å². The van der Waals surface area contributed by atoms with Crippen LogP contribution in [0.5, 0.6) is 0 Å². The molecule has 6 nitrogen and oxygen atoms in total. The maximum atomic E-state index is 12.7. The van der Waals surface area contributed by atoms with Crippen LogP contribution in [0.3, 0.4) is 0 Å². The number of anilines is 1. The number of hydrogen-bond acceptors (Lipinski definition) is 3. The van der Waals surface area contributed by atoms with Crippen molar-refractivity contribution in [3.8, 4) is 6.07 Å². The van der Waals surface area contributed by atoms with Gasteiger partial charge < -0.3 is 15.6 Å². The molecule has 0 saturated heterocycles. The summed E-state index contributed by atoms with van der Waals surface area (Å²) in [5, 5.41) is 12.3. The highest BCUT2D eigenvalue weighted by atomic mass is 16.2. The first kappa shape index (κ1) is 21.4. The van der Waals surface area contributed by atoms with E-state index in [0.717, 1.165) is 17.0 Å². The molecule has 0 radical (unpaired) electrons. The summed E-state index contributed by atoms with van der Waals surface area (Å²) in [6.07, 6.45) is 7.78. The lowest BCUT2D eigenvalue weighted by Crippen LogP contribution is -2.16. The number of primary amides is 1. The third-order valence-electron chi connectivity index (χ3n) is 5.88. The highest BCUT2D eigenvalue weighted by Crippen LogP contribution is 2.32. The molecule has 0 unspecified atom stereocenters. The Morgan fingerprint density at radius 1 is 1.17 bits per heavy atom. The molecule has 1 aliphatic carbocycles. The molecule has 1 heterocycles. The summed E-state index contributed by atoms with van der Waals surface area (Å²) in [7, 11) is 0. The van der Waals surface area contributed by atoms with E-state index < -0.39 is 11.8 Å². The number of nitrogens with zero attached hydrogens (tertiary/aromatic N) is 2. The van der Waals surface area contributed by atoms with Crippen molar-refractivity contribution in [3.05, 3.63) is 57.9 Å². The number of nitriles is 1. The van der Waals surface area contributed by atoms with Gasteiger partial charge in [-0.25, -0.2) is 0 Å². The van der Waals surface area contributed by atoms with Crippen molar-refractivity contribution in [2.75, 3.05) is 5.32 Å². The molecular weight excluding hydrogens is 376 g/mol. The summed E-state index contributed by atoms with van der Waals surface area (Å²) in [5.41, 5.74) is 10.1. The number of amides is 2. The van der Waals surface area contributed by atoms with Gasteiger partial charge in [-0.3, -0.25) is 9.59 Å². The smallest absolute Gasteiger partial charge is 0.266 e. The fraction of sp³-hybridized carbons (Fsp3) is 0.375. The van der Waals surface area contributed by atoms with Crippen LogP contribution in [0, 0.1) is 32.1 Å². The van der Waals surface area contributed by atoms with Crippen LogP contribution < -0.4 is 11.1 Å². The Morgan fingerprint density at radius 3 is 2.47 bits per heavy atom. The van der Waals surface area contributed by atoms with Crippen LogP contribution in [0.1, 0.15) is 71.0 Å². The van der Waals surface area contributed by atoms with Gasteiger partial charge in [0.05, 0.1) is 0 Å². The van der Waals surface area contributed by atoms with Crippen molar-refractivity contribution in [1.82, 2.24) is 4.57 Å². The lowest BCUT2D eigenvalue weighted by atomic mass is 9.95. The molecule has 30 heavy (non-hydrogen) atoms. The van der Waals surface area contributed by atoms with Crippen molar-refractivity contribution in [2.24, 2.45) is 5.73 Å². The van der Waals surface area contributed by atoms with Gasteiger partial charge in [-0.15, -0.1) is 0 Å². The Bertz CT molecular complexity index is 1050. The highest BCUT2D eigenvalue weighted by Gasteiger charge is 2.20. The average Bonchev–Trinajstić information content (AvgIpc) is 2.99. The van der Waals surface area contributed by atoms with Gasteiger partial charge in [0.15, 0.2) is 0 Å². The zero-order chi connectivity index (χ0) is 21.8. The third kappa shape index (κ3) is 4.46. The fourth-order valence-corrected chi connectivity index (χ4v) is 4.37. The zero-order valence-electron chi connectivity index (χ0n) is 17.8. The van der Waals surface area contributed by atoms with E-state index in [1.165, 1.54) is 32.1 Å². The molecule has 1 fully saturated rings. The lowest BCUT2D eigenvalue weighted by Gasteiger charge is -2.26. The Balaban J connectivity index is 1.83. The van der Waals surface area contributed by atoms with E-state index in [0.29, 0.717) is 22.9 Å². The van der Waals surface area contributed by atoms with E-state index in [9.17, 15) is 14.9 Å². The molecule has 1 aliphatic rings. The van der Waals surface area contributed by atoms with Gasteiger partial charge in [0, 0.05) is 28.7 Å². The van der Waals surface area contributed by atoms with Gasteiger partial charge in [-0.2, -0.15) is 5.26 Å². The Labute approximate surface area is 177 Å². The van der Waals surface area contributed by atoms with Crippen LogP contribution in [0.15, 0.2) is 29.8 Å². The van der Waals surface area contributed by atoms with Crippen LogP contribution in [0.25, 0.3) is 6.08 Å². The quantitative estimate of drug-likeness (QED) is 0.564. The molecule has 0 bridgehead atoms. The number of carbonyl (C=O) groups excluding carboxylic acids is 2. The van der Waals surface area contributed by atoms with E-state index >= 15 is 0 Å². The van der Waals surface area contributed by atoms with E-state index in [4.69, 9.17) is 5.73 Å². The molecule has 0 atom stereocenters. The maximum absolute atomic E-state index is 12.7. The molecule has 0 aliphatic heterocycles. The molecular formula is C24H28N4O2. The standard InChI is InChI=1S/C24H28N4O2/c1-15-11-20(9-10-22(15)23(26)29)27-24(30)19(14-25)13-18-12-16(2)28(17(18)3)21-7-5-4-6-8-21/h9-13,21H,4-8H2,1-3H3,(H2,26,29)(H,27,30)/b19-13-. The minimum absolute atomic E-state index is 0.0375. The first-order valence-electron chi connectivity index (χ1n) is 10.3. The van der Waals surface area contributed by atoms with Crippen LogP contribution in [-0.2, 0) is 4.79 Å². The van der Waals surface area contributed by atoms with Crippen LogP contribution >= 0.6 is 0 Å². The highest BCUT2D eigenvalue weighted by molar-refractivity contribution is 6.10. The summed E-state index contributed by atoms with van der Waals surface area (Å²) in [6, 6.07) is 9.40. The minimum Gasteiger partial charge on any atom is -0.366 e. The van der Waals surface area contributed by atoms with Crippen molar-refractivity contribution in [2.45, 2.75) is 58.9 Å². The zero-order valence-corrected chi connectivity index (χ0v) is 17.8. The monoisotopic (exact) mass is 404 g/mol. The van der Waals surface area contributed by atoms with Crippen LogP contribution in [0.4, 0.5) is 5.69 Å². The van der Waals surface area contributed by atoms with Crippen molar-refractivity contribution in [1.29, 1.82) is 5.26 Å². The topological polar surface area (TPSA) is 101 Å². The molecule has 1 aromatic heterocycles. The van der Waals surface area contributed by atoms with Crippen molar-refractivity contribution >= 4 is 23.6 Å². The van der Waals surface area contributed by atoms with Crippen molar-refractivity contribution < 1.29 is 9.59 Å². The largest absolute Gasteiger partial charge is 0.366 e. The van der Waals surface area contributed by atoms with Crippen LogP contribution in [-0.4, -0.2) is 16.4 Å². The number of carbonyl (C=O) groups is 2. The molecule has 1 aromatic carbocycles. The molecule has 2 aromatic rings. The minimum atomic E-state index is -0.517. The molecule has 3 N–H and O–H groups in total. The second kappa shape index (κ2) is 9.00. The van der Waals surface area contributed by atoms with Gasteiger partial charge in [-0.1, -0.05) is 19.3 Å². The normalized spacial score (nSPS) is 14.9. The van der Waals surface area contributed by atoms with E-state index in [-0.39, 0.29) is 5.57 Å². The second-order valence-electron chi connectivity index (χ2n) is 8.01. The number of aryl methyl sites for hydroxylation is 2. The number of rotatable bonds is 5. The molecule has 1 saturated carbocycles. The predicted molar refractivity (Wildman–Crippen MR) is 118 cm³/mol. The number of nitrogens with one attached hydrogen (secondary N) is 1. The number of benzene rings is 1. The predicted octanol–water partition coefficient (Wildman–Crippen LogP) is 4.56. The molecule has 156 valence electrons. The second-order valence-corrected chi connectivity index (χ2v) is 8.01. The summed E-state index contributed by atoms with van der Waals surface area (Å²) in [4.78, 5) is 24.1. The molecule has 6 heteroatoms. The molecule has 0 spiro atoms. The van der Waals surface area contributed by atoms with E-state index in [1.54, 1.807) is 31.2 Å². The number of hydrogen-bond donors (Lipinski definition) is 2. The SMILES string of the molecule is Cc1cc(NC(=O)/C(C#N)=C\c2cc(C)n(C3CCCCC3)c2C)ccc1C(N)=O. The first-order chi connectivity index (χ1) is 14.3. The Morgan fingerprint density at radius 2 is 1.87 bits per heavy atom. The summed E-state index contributed by atoms with van der Waals surface area (Å²) >= 11 is 0. The van der Waals surface area contributed by atoms with Gasteiger partial charge in [-0.05, 0) is 75.1 Å². The van der Waals surface area contributed by atoms with Crippen LogP contribution in [0.2, 0.25) is 0 Å². The molecule has 2 amide bonds. The average molecular weight is 405 g/mol. The summed E-state index contributed by atoms with van der Waals surface area (Å²) < 4.78 is 2.35.